The highest BCUT2D eigenvalue weighted by molar-refractivity contribution is 5.91. The van der Waals surface area contributed by atoms with Gasteiger partial charge in [0.2, 0.25) is 0 Å². The fourth-order valence-electron chi connectivity index (χ4n) is 1.77. The molecule has 0 atom stereocenters. The van der Waals surface area contributed by atoms with Crippen molar-refractivity contribution < 1.29 is 4.79 Å². The minimum atomic E-state index is -0.221. The van der Waals surface area contributed by atoms with Crippen LogP contribution in [0.4, 0.5) is 0 Å². The number of aromatic nitrogens is 2. The second-order valence-corrected chi connectivity index (χ2v) is 4.90. The van der Waals surface area contributed by atoms with E-state index in [2.05, 4.69) is 5.10 Å². The fourth-order valence-corrected chi connectivity index (χ4v) is 1.77. The molecule has 0 aliphatic carbocycles. The number of rotatable bonds is 3. The Morgan fingerprint density at radius 2 is 1.80 bits per heavy atom. The van der Waals surface area contributed by atoms with Crippen LogP contribution in [0.1, 0.15) is 21.6 Å². The van der Waals surface area contributed by atoms with Gasteiger partial charge in [0.1, 0.15) is 5.69 Å². The molecule has 104 valence electrons. The lowest BCUT2D eigenvalue weighted by Gasteiger charge is -2.11. The third-order valence-corrected chi connectivity index (χ3v) is 2.94. The predicted octanol–water partition coefficient (Wildman–Crippen LogP) is 1.30. The maximum atomic E-state index is 11.9. The number of hydrogen-bond donors (Lipinski definition) is 0. The van der Waals surface area contributed by atoms with E-state index in [1.54, 1.807) is 14.1 Å². The van der Waals surface area contributed by atoms with Crippen molar-refractivity contribution in [1.29, 1.82) is 0 Å². The van der Waals surface area contributed by atoms with E-state index < -0.39 is 0 Å². The molecule has 0 spiro atoms. The fraction of sp³-hybridized carbons (Fsp3) is 0.267. The molecule has 1 aromatic heterocycles. The molecule has 2 aromatic rings. The van der Waals surface area contributed by atoms with Gasteiger partial charge in [0.05, 0.1) is 6.54 Å². The number of benzene rings is 1. The molecule has 0 aliphatic rings. The first-order chi connectivity index (χ1) is 9.47. The first kappa shape index (κ1) is 14.0. The molecule has 5 nitrogen and oxygen atoms in total. The van der Waals surface area contributed by atoms with Crippen molar-refractivity contribution >= 4 is 5.91 Å². The Bertz CT molecular complexity index is 672. The second kappa shape index (κ2) is 5.69. The number of carbonyl (C=O) groups excluding carboxylic acids is 1. The molecule has 1 heterocycles. The molecule has 1 amide bonds. The number of hydrogen-bond acceptors (Lipinski definition) is 3. The van der Waals surface area contributed by atoms with E-state index in [0.29, 0.717) is 6.54 Å². The Hall–Kier alpha value is -2.43. The number of aryl methyl sites for hydroxylation is 1. The summed E-state index contributed by atoms with van der Waals surface area (Å²) in [5.74, 6) is -0.220. The average molecular weight is 271 g/mol. The van der Waals surface area contributed by atoms with Crippen LogP contribution in [0, 0.1) is 6.92 Å². The molecule has 5 heteroatoms. The minimum Gasteiger partial charge on any atom is -0.343 e. The van der Waals surface area contributed by atoms with Crippen LogP contribution in [0.5, 0.6) is 0 Å². The van der Waals surface area contributed by atoms with Crippen molar-refractivity contribution in [2.75, 3.05) is 14.1 Å². The van der Waals surface area contributed by atoms with Gasteiger partial charge in [-0.2, -0.15) is 5.10 Å². The summed E-state index contributed by atoms with van der Waals surface area (Å²) in [6.07, 6.45) is 0. The lowest BCUT2D eigenvalue weighted by atomic mass is 10.1. The van der Waals surface area contributed by atoms with E-state index in [9.17, 15) is 9.59 Å². The van der Waals surface area contributed by atoms with E-state index in [4.69, 9.17) is 0 Å². The van der Waals surface area contributed by atoms with Gasteiger partial charge in [-0.15, -0.1) is 0 Å². The lowest BCUT2D eigenvalue weighted by molar-refractivity contribution is 0.0819. The average Bonchev–Trinajstić information content (AvgIpc) is 2.43. The molecule has 1 aromatic carbocycles. The number of nitrogens with zero attached hydrogens (tertiary/aromatic N) is 3. The summed E-state index contributed by atoms with van der Waals surface area (Å²) in [6, 6.07) is 10.7. The van der Waals surface area contributed by atoms with Gasteiger partial charge in [-0.1, -0.05) is 29.8 Å². The summed E-state index contributed by atoms with van der Waals surface area (Å²) in [5, 5.41) is 4.12. The van der Waals surface area contributed by atoms with E-state index in [1.165, 1.54) is 21.7 Å². The highest BCUT2D eigenvalue weighted by Crippen LogP contribution is 2.04. The van der Waals surface area contributed by atoms with Crippen molar-refractivity contribution in [2.24, 2.45) is 0 Å². The maximum Gasteiger partial charge on any atom is 0.273 e. The summed E-state index contributed by atoms with van der Waals surface area (Å²) in [5.41, 5.74) is 2.17. The maximum absolute atomic E-state index is 11.9. The van der Waals surface area contributed by atoms with Crippen molar-refractivity contribution in [2.45, 2.75) is 13.5 Å². The summed E-state index contributed by atoms with van der Waals surface area (Å²) >= 11 is 0. The molecule has 0 aliphatic heterocycles. The van der Waals surface area contributed by atoms with E-state index in [1.807, 2.05) is 31.2 Å². The Balaban J connectivity index is 2.31. The SMILES string of the molecule is Cc1ccc(Cn2nc(C(=O)N(C)C)ccc2=O)cc1. The van der Waals surface area contributed by atoms with Crippen LogP contribution in [0.25, 0.3) is 0 Å². The van der Waals surface area contributed by atoms with Crippen LogP contribution >= 0.6 is 0 Å². The second-order valence-electron chi connectivity index (χ2n) is 4.90. The summed E-state index contributed by atoms with van der Waals surface area (Å²) in [6.45, 7) is 2.36. The number of carbonyl (C=O) groups is 1. The first-order valence-electron chi connectivity index (χ1n) is 6.33. The van der Waals surface area contributed by atoms with Gasteiger partial charge in [0, 0.05) is 20.2 Å². The topological polar surface area (TPSA) is 55.2 Å². The van der Waals surface area contributed by atoms with Gasteiger partial charge in [-0.25, -0.2) is 4.68 Å². The van der Waals surface area contributed by atoms with Gasteiger partial charge in [0.15, 0.2) is 0 Å². The molecule has 0 fully saturated rings. The van der Waals surface area contributed by atoms with Gasteiger partial charge in [-0.3, -0.25) is 9.59 Å². The molecule has 0 N–H and O–H groups in total. The molecule has 0 saturated carbocycles. The van der Waals surface area contributed by atoms with Crippen molar-refractivity contribution in [3.63, 3.8) is 0 Å². The molecular weight excluding hydrogens is 254 g/mol. The zero-order valence-corrected chi connectivity index (χ0v) is 11.8. The number of amides is 1. The van der Waals surface area contributed by atoms with Crippen molar-refractivity contribution in [3.05, 3.63) is 63.6 Å². The minimum absolute atomic E-state index is 0.220. The third-order valence-electron chi connectivity index (χ3n) is 2.94. The molecule has 0 unspecified atom stereocenters. The lowest BCUT2D eigenvalue weighted by Crippen LogP contribution is -2.29. The summed E-state index contributed by atoms with van der Waals surface area (Å²) in [7, 11) is 3.30. The van der Waals surface area contributed by atoms with Crippen LogP contribution in [-0.4, -0.2) is 34.7 Å². The van der Waals surface area contributed by atoms with Gasteiger partial charge >= 0.3 is 0 Å². The summed E-state index contributed by atoms with van der Waals surface area (Å²) < 4.78 is 1.31. The third kappa shape index (κ3) is 3.12. The van der Waals surface area contributed by atoms with E-state index in [0.717, 1.165) is 11.1 Å². The predicted molar refractivity (Wildman–Crippen MR) is 76.8 cm³/mol. The van der Waals surface area contributed by atoms with Gasteiger partial charge < -0.3 is 4.90 Å². The van der Waals surface area contributed by atoms with E-state index in [-0.39, 0.29) is 17.2 Å². The van der Waals surface area contributed by atoms with Crippen LogP contribution in [0.15, 0.2) is 41.2 Å². The van der Waals surface area contributed by atoms with Crippen molar-refractivity contribution in [3.8, 4) is 0 Å². The zero-order chi connectivity index (χ0) is 14.7. The molecule has 20 heavy (non-hydrogen) atoms. The van der Waals surface area contributed by atoms with Gasteiger partial charge in [-0.05, 0) is 18.6 Å². The Labute approximate surface area is 117 Å². The largest absolute Gasteiger partial charge is 0.343 e. The summed E-state index contributed by atoms with van der Waals surface area (Å²) in [4.78, 5) is 25.1. The Kier molecular flexibility index (Phi) is 3.98. The van der Waals surface area contributed by atoms with Crippen LogP contribution in [-0.2, 0) is 6.54 Å². The van der Waals surface area contributed by atoms with Crippen LogP contribution < -0.4 is 5.56 Å². The smallest absolute Gasteiger partial charge is 0.273 e. The monoisotopic (exact) mass is 271 g/mol. The van der Waals surface area contributed by atoms with Crippen molar-refractivity contribution in [1.82, 2.24) is 14.7 Å². The molecular formula is C15H17N3O2. The molecule has 0 radical (unpaired) electrons. The zero-order valence-electron chi connectivity index (χ0n) is 11.8. The van der Waals surface area contributed by atoms with E-state index >= 15 is 0 Å². The Morgan fingerprint density at radius 1 is 1.15 bits per heavy atom. The normalized spacial score (nSPS) is 10.3. The van der Waals surface area contributed by atoms with Gasteiger partial charge in [0.25, 0.3) is 11.5 Å². The molecule has 2 rings (SSSR count). The first-order valence-corrected chi connectivity index (χ1v) is 6.33. The standard InChI is InChI=1S/C15H17N3O2/c1-11-4-6-12(7-5-11)10-18-14(19)9-8-13(16-18)15(20)17(2)3/h4-9H,10H2,1-3H3. The highest BCUT2D eigenvalue weighted by atomic mass is 16.2. The molecule has 0 saturated heterocycles. The highest BCUT2D eigenvalue weighted by Gasteiger charge is 2.11. The van der Waals surface area contributed by atoms with Crippen LogP contribution in [0.2, 0.25) is 0 Å². The quantitative estimate of drug-likeness (QED) is 0.845. The molecule has 0 bridgehead atoms. The van der Waals surface area contributed by atoms with Crippen LogP contribution in [0.3, 0.4) is 0 Å². The Morgan fingerprint density at radius 3 is 2.40 bits per heavy atom.